The summed E-state index contributed by atoms with van der Waals surface area (Å²) in [6.07, 6.45) is 0.703. The van der Waals surface area contributed by atoms with Gasteiger partial charge in [0.1, 0.15) is 5.75 Å². The maximum Gasteiger partial charge on any atom is 0.257 e. The lowest BCUT2D eigenvalue weighted by molar-refractivity contribution is -0.123. The fraction of sp³-hybridized carbons (Fsp3) is 0.300. The molecule has 3 rings (SSSR count). The molecule has 0 fully saturated rings. The fourth-order valence-electron chi connectivity index (χ4n) is 2.84. The van der Waals surface area contributed by atoms with Gasteiger partial charge in [-0.1, -0.05) is 30.3 Å². The number of carbonyl (C=O) groups is 2. The average Bonchev–Trinajstić information content (AvgIpc) is 2.83. The van der Waals surface area contributed by atoms with Gasteiger partial charge in [0.05, 0.1) is 5.41 Å². The van der Waals surface area contributed by atoms with Gasteiger partial charge in [-0.15, -0.1) is 0 Å². The summed E-state index contributed by atoms with van der Waals surface area (Å²) in [5, 5.41) is 5.75. The molecular formula is C20H22N2O3. The third-order valence-corrected chi connectivity index (χ3v) is 4.42. The number of anilines is 1. The molecule has 5 nitrogen and oxygen atoms in total. The molecule has 0 aliphatic carbocycles. The van der Waals surface area contributed by atoms with E-state index in [0.29, 0.717) is 18.7 Å². The Morgan fingerprint density at radius 3 is 2.68 bits per heavy atom. The molecule has 2 aromatic carbocycles. The highest BCUT2D eigenvalue weighted by molar-refractivity contribution is 6.05. The molecule has 2 amide bonds. The van der Waals surface area contributed by atoms with Crippen LogP contribution in [0.15, 0.2) is 48.5 Å². The van der Waals surface area contributed by atoms with Gasteiger partial charge in [0.2, 0.25) is 5.91 Å². The lowest BCUT2D eigenvalue weighted by Crippen LogP contribution is -2.30. The van der Waals surface area contributed by atoms with E-state index in [2.05, 4.69) is 10.6 Å². The summed E-state index contributed by atoms with van der Waals surface area (Å²) in [5.41, 5.74) is 2.46. The maximum atomic E-state index is 12.0. The number of fused-ring (bicyclic) bond motifs is 1. The van der Waals surface area contributed by atoms with Crippen LogP contribution < -0.4 is 15.4 Å². The Labute approximate surface area is 147 Å². The van der Waals surface area contributed by atoms with E-state index in [4.69, 9.17) is 4.74 Å². The molecule has 0 atom stereocenters. The van der Waals surface area contributed by atoms with E-state index in [1.807, 2.05) is 62.4 Å². The number of amides is 2. The first kappa shape index (κ1) is 17.0. The molecule has 130 valence electrons. The number of hydrogen-bond acceptors (Lipinski definition) is 3. The topological polar surface area (TPSA) is 67.4 Å². The summed E-state index contributed by atoms with van der Waals surface area (Å²) in [7, 11) is 0. The molecule has 0 saturated heterocycles. The molecule has 0 unspecified atom stereocenters. The van der Waals surface area contributed by atoms with Crippen LogP contribution >= 0.6 is 0 Å². The van der Waals surface area contributed by atoms with Crippen LogP contribution in [0.2, 0.25) is 0 Å². The second-order valence-corrected chi connectivity index (χ2v) is 6.66. The van der Waals surface area contributed by atoms with Crippen molar-refractivity contribution in [3.8, 4) is 5.75 Å². The first-order valence-electron chi connectivity index (χ1n) is 8.36. The Bertz CT molecular complexity index is 785. The second-order valence-electron chi connectivity index (χ2n) is 6.66. The molecule has 1 aliphatic rings. The molecule has 0 bridgehead atoms. The van der Waals surface area contributed by atoms with Gasteiger partial charge in [0.15, 0.2) is 6.61 Å². The summed E-state index contributed by atoms with van der Waals surface area (Å²) >= 11 is 0. The summed E-state index contributed by atoms with van der Waals surface area (Å²) < 4.78 is 5.41. The number of benzene rings is 2. The zero-order chi connectivity index (χ0) is 17.9. The van der Waals surface area contributed by atoms with Crippen molar-refractivity contribution < 1.29 is 14.3 Å². The standard InChI is InChI=1S/C20H22N2O3/c1-20(2)16-12-14(8-9-17(16)22-19(20)24)10-11-21-18(23)13-25-15-6-4-3-5-7-15/h3-9,12H,10-11,13H2,1-2H3,(H,21,23)(H,22,24). The zero-order valence-electron chi connectivity index (χ0n) is 14.5. The van der Waals surface area contributed by atoms with Crippen molar-refractivity contribution in [3.63, 3.8) is 0 Å². The molecule has 5 heteroatoms. The highest BCUT2D eigenvalue weighted by Gasteiger charge is 2.38. The van der Waals surface area contributed by atoms with Crippen molar-refractivity contribution in [2.24, 2.45) is 0 Å². The largest absolute Gasteiger partial charge is 0.484 e. The van der Waals surface area contributed by atoms with E-state index in [1.54, 1.807) is 0 Å². The van der Waals surface area contributed by atoms with Crippen molar-refractivity contribution >= 4 is 17.5 Å². The van der Waals surface area contributed by atoms with E-state index in [0.717, 1.165) is 16.8 Å². The van der Waals surface area contributed by atoms with Gasteiger partial charge in [0, 0.05) is 12.2 Å². The molecule has 1 aliphatic heterocycles. The Balaban J connectivity index is 1.49. The Kier molecular flexibility index (Phi) is 4.74. The predicted octanol–water partition coefficient (Wildman–Crippen LogP) is 2.65. The van der Waals surface area contributed by atoms with Crippen LogP contribution in [-0.4, -0.2) is 25.0 Å². The number of para-hydroxylation sites is 1. The van der Waals surface area contributed by atoms with Crippen molar-refractivity contribution in [2.75, 3.05) is 18.5 Å². The van der Waals surface area contributed by atoms with Crippen LogP contribution in [0.1, 0.15) is 25.0 Å². The van der Waals surface area contributed by atoms with Crippen molar-refractivity contribution in [1.29, 1.82) is 0 Å². The van der Waals surface area contributed by atoms with Crippen molar-refractivity contribution in [3.05, 3.63) is 59.7 Å². The first-order valence-corrected chi connectivity index (χ1v) is 8.36. The normalized spacial score (nSPS) is 14.6. The minimum absolute atomic E-state index is 0.000343. The number of rotatable bonds is 6. The van der Waals surface area contributed by atoms with E-state index in [9.17, 15) is 9.59 Å². The Hall–Kier alpha value is -2.82. The predicted molar refractivity (Wildman–Crippen MR) is 96.7 cm³/mol. The van der Waals surface area contributed by atoms with Gasteiger partial charge in [-0.05, 0) is 49.6 Å². The third-order valence-electron chi connectivity index (χ3n) is 4.42. The van der Waals surface area contributed by atoms with E-state index >= 15 is 0 Å². The summed E-state index contributed by atoms with van der Waals surface area (Å²) in [6, 6.07) is 15.2. The average molecular weight is 338 g/mol. The lowest BCUT2D eigenvalue weighted by Gasteiger charge is -2.16. The first-order chi connectivity index (χ1) is 12.0. The van der Waals surface area contributed by atoms with Crippen LogP contribution in [0.3, 0.4) is 0 Å². The van der Waals surface area contributed by atoms with E-state index in [1.165, 1.54) is 0 Å². The van der Waals surface area contributed by atoms with Gasteiger partial charge in [-0.25, -0.2) is 0 Å². The SMILES string of the molecule is CC1(C)C(=O)Nc2ccc(CCNC(=O)COc3ccccc3)cc21. The maximum absolute atomic E-state index is 12.0. The summed E-state index contributed by atoms with van der Waals surface area (Å²) in [6.45, 7) is 4.36. The number of ether oxygens (including phenoxy) is 1. The van der Waals surface area contributed by atoms with Gasteiger partial charge in [-0.2, -0.15) is 0 Å². The van der Waals surface area contributed by atoms with Gasteiger partial charge in [-0.3, -0.25) is 9.59 Å². The Morgan fingerprint density at radius 1 is 1.16 bits per heavy atom. The van der Waals surface area contributed by atoms with E-state index in [-0.39, 0.29) is 18.4 Å². The van der Waals surface area contributed by atoms with Crippen LogP contribution in [0.5, 0.6) is 5.75 Å². The van der Waals surface area contributed by atoms with Crippen molar-refractivity contribution in [2.45, 2.75) is 25.7 Å². The summed E-state index contributed by atoms with van der Waals surface area (Å²) in [5.74, 6) is 0.545. The Morgan fingerprint density at radius 2 is 1.92 bits per heavy atom. The summed E-state index contributed by atoms with van der Waals surface area (Å²) in [4.78, 5) is 23.8. The molecule has 0 aromatic heterocycles. The second kappa shape index (κ2) is 6.97. The highest BCUT2D eigenvalue weighted by Crippen LogP contribution is 2.37. The smallest absolute Gasteiger partial charge is 0.257 e. The number of hydrogen-bond donors (Lipinski definition) is 2. The quantitative estimate of drug-likeness (QED) is 0.851. The number of nitrogens with one attached hydrogen (secondary N) is 2. The van der Waals surface area contributed by atoms with Gasteiger partial charge in [0.25, 0.3) is 5.91 Å². The van der Waals surface area contributed by atoms with Gasteiger partial charge >= 0.3 is 0 Å². The molecular weight excluding hydrogens is 316 g/mol. The highest BCUT2D eigenvalue weighted by atomic mass is 16.5. The molecule has 1 heterocycles. The molecule has 2 aromatic rings. The van der Waals surface area contributed by atoms with Gasteiger partial charge < -0.3 is 15.4 Å². The van der Waals surface area contributed by atoms with Crippen molar-refractivity contribution in [1.82, 2.24) is 5.32 Å². The molecule has 2 N–H and O–H groups in total. The lowest BCUT2D eigenvalue weighted by atomic mass is 9.85. The molecule has 0 radical (unpaired) electrons. The van der Waals surface area contributed by atoms with E-state index < -0.39 is 5.41 Å². The van der Waals surface area contributed by atoms with Crippen LogP contribution in [-0.2, 0) is 21.4 Å². The number of carbonyl (C=O) groups excluding carboxylic acids is 2. The minimum atomic E-state index is -0.516. The molecule has 0 spiro atoms. The zero-order valence-corrected chi connectivity index (χ0v) is 14.5. The van der Waals surface area contributed by atoms with Crippen LogP contribution in [0.4, 0.5) is 5.69 Å². The monoisotopic (exact) mass is 338 g/mol. The minimum Gasteiger partial charge on any atom is -0.484 e. The van der Waals surface area contributed by atoms with Crippen LogP contribution in [0, 0.1) is 0 Å². The molecule has 25 heavy (non-hydrogen) atoms. The third kappa shape index (κ3) is 3.82. The molecule has 0 saturated carbocycles. The van der Waals surface area contributed by atoms with Crippen LogP contribution in [0.25, 0.3) is 0 Å². The fourth-order valence-corrected chi connectivity index (χ4v) is 2.84.